The number of carboxylic acids is 1. The molecule has 0 amide bonds. The maximum atomic E-state index is 11.8. The van der Waals surface area contributed by atoms with Crippen molar-refractivity contribution in [2.24, 2.45) is 11.1 Å². The summed E-state index contributed by atoms with van der Waals surface area (Å²) >= 11 is 1.63. The number of aliphatic hydroxyl groups excluding tert-OH is 1. The molecule has 1 unspecified atom stereocenters. The monoisotopic (exact) mass is 507 g/mol. The predicted molar refractivity (Wildman–Crippen MR) is 142 cm³/mol. The summed E-state index contributed by atoms with van der Waals surface area (Å²) in [5.74, 6) is 6.32. The van der Waals surface area contributed by atoms with E-state index in [1.807, 2.05) is 35.7 Å². The minimum absolute atomic E-state index is 0.100. The van der Waals surface area contributed by atoms with Crippen LogP contribution in [-0.4, -0.2) is 52.8 Å². The van der Waals surface area contributed by atoms with E-state index in [0.717, 1.165) is 52.8 Å². The number of carbonyl (C=O) groups is 1. The Labute approximate surface area is 215 Å². The summed E-state index contributed by atoms with van der Waals surface area (Å²) in [5.41, 5.74) is 7.95. The van der Waals surface area contributed by atoms with Crippen LogP contribution in [0.25, 0.3) is 10.9 Å². The van der Waals surface area contributed by atoms with Gasteiger partial charge in [-0.3, -0.25) is 14.7 Å². The number of aliphatic carboxylic acids is 1. The highest BCUT2D eigenvalue weighted by Crippen LogP contribution is 2.42. The first-order valence-corrected chi connectivity index (χ1v) is 13.1. The molecule has 7 nitrogen and oxygen atoms in total. The average molecular weight is 508 g/mol. The summed E-state index contributed by atoms with van der Waals surface area (Å²) in [6, 6.07) is 9.59. The van der Waals surface area contributed by atoms with Crippen molar-refractivity contribution in [1.29, 1.82) is 0 Å². The summed E-state index contributed by atoms with van der Waals surface area (Å²) in [4.78, 5) is 19.6. The lowest BCUT2D eigenvalue weighted by atomic mass is 9.71. The zero-order valence-electron chi connectivity index (χ0n) is 20.6. The topological polar surface area (TPSA) is 109 Å². The number of ether oxygens (including phenoxy) is 1. The van der Waals surface area contributed by atoms with Gasteiger partial charge in [-0.1, -0.05) is 17.9 Å². The number of thiophene rings is 1. The molecule has 0 radical (unpaired) electrons. The molecule has 4 N–H and O–H groups in total. The maximum absolute atomic E-state index is 11.8. The van der Waals surface area contributed by atoms with Crippen LogP contribution in [0.4, 0.5) is 0 Å². The van der Waals surface area contributed by atoms with Crippen LogP contribution < -0.4 is 10.5 Å². The van der Waals surface area contributed by atoms with Gasteiger partial charge in [0.2, 0.25) is 0 Å². The molecule has 1 saturated heterocycles. The number of pyridine rings is 1. The van der Waals surface area contributed by atoms with Crippen LogP contribution >= 0.6 is 11.3 Å². The van der Waals surface area contributed by atoms with Crippen LogP contribution in [0.15, 0.2) is 41.9 Å². The fourth-order valence-electron chi connectivity index (χ4n) is 5.11. The van der Waals surface area contributed by atoms with Crippen molar-refractivity contribution in [3.63, 3.8) is 0 Å². The number of hydrogen-bond donors (Lipinski definition) is 3. The molecular formula is C28H33N3O4S. The first-order valence-electron chi connectivity index (χ1n) is 12.2. The van der Waals surface area contributed by atoms with E-state index in [-0.39, 0.29) is 18.4 Å². The highest BCUT2D eigenvalue weighted by Gasteiger charge is 2.37. The number of methoxy groups -OCH3 is 1. The number of rotatable bonds is 9. The minimum Gasteiger partial charge on any atom is -0.497 e. The second kappa shape index (κ2) is 11.8. The van der Waals surface area contributed by atoms with Crippen molar-refractivity contribution in [2.75, 3.05) is 26.7 Å². The van der Waals surface area contributed by atoms with Crippen LogP contribution in [0.1, 0.15) is 54.2 Å². The van der Waals surface area contributed by atoms with Crippen molar-refractivity contribution in [3.8, 4) is 17.6 Å². The summed E-state index contributed by atoms with van der Waals surface area (Å²) in [5, 5.41) is 23.8. The van der Waals surface area contributed by atoms with Crippen molar-refractivity contribution in [1.82, 2.24) is 9.88 Å². The zero-order chi connectivity index (χ0) is 25.5. The maximum Gasteiger partial charge on any atom is 0.303 e. The molecule has 1 atom stereocenters. The first-order chi connectivity index (χ1) is 17.4. The zero-order valence-corrected chi connectivity index (χ0v) is 21.4. The molecule has 2 aromatic heterocycles. The van der Waals surface area contributed by atoms with Gasteiger partial charge in [0.25, 0.3) is 0 Å². The lowest BCUT2D eigenvalue weighted by Gasteiger charge is -2.41. The van der Waals surface area contributed by atoms with Gasteiger partial charge >= 0.3 is 5.97 Å². The summed E-state index contributed by atoms with van der Waals surface area (Å²) < 4.78 is 5.38. The number of aliphatic hydroxyl groups is 1. The minimum atomic E-state index is -0.794. The van der Waals surface area contributed by atoms with E-state index in [0.29, 0.717) is 25.1 Å². The quantitative estimate of drug-likeness (QED) is 0.373. The number of hydrogen-bond acceptors (Lipinski definition) is 7. The molecule has 8 heteroatoms. The molecule has 1 aromatic carbocycles. The Balaban J connectivity index is 1.47. The Bertz CT molecular complexity index is 1240. The van der Waals surface area contributed by atoms with Gasteiger partial charge in [-0.25, -0.2) is 0 Å². The van der Waals surface area contributed by atoms with Gasteiger partial charge in [-0.05, 0) is 85.0 Å². The molecule has 3 aromatic rings. The van der Waals surface area contributed by atoms with Crippen molar-refractivity contribution in [2.45, 2.75) is 44.8 Å². The Kier molecular flexibility index (Phi) is 8.60. The second-order valence-electron chi connectivity index (χ2n) is 9.46. The van der Waals surface area contributed by atoms with E-state index in [1.54, 1.807) is 24.6 Å². The fraction of sp³-hybridized carbons (Fsp3) is 0.429. The van der Waals surface area contributed by atoms with Gasteiger partial charge < -0.3 is 20.7 Å². The van der Waals surface area contributed by atoms with Crippen LogP contribution in [0.2, 0.25) is 0 Å². The van der Waals surface area contributed by atoms with Crippen molar-refractivity contribution >= 4 is 28.2 Å². The molecule has 4 rings (SSSR count). The number of nitrogens with two attached hydrogens (primary N) is 1. The van der Waals surface area contributed by atoms with Crippen LogP contribution in [0, 0.1) is 17.3 Å². The van der Waals surface area contributed by atoms with Crippen LogP contribution in [-0.2, 0) is 11.3 Å². The normalized spacial score (nSPS) is 16.3. The number of carboxylic acid groups (broad SMARTS) is 1. The van der Waals surface area contributed by atoms with Gasteiger partial charge in [0, 0.05) is 18.1 Å². The lowest BCUT2D eigenvalue weighted by Crippen LogP contribution is -2.41. The largest absolute Gasteiger partial charge is 0.497 e. The highest BCUT2D eigenvalue weighted by molar-refractivity contribution is 7.10. The number of aromatic nitrogens is 1. The third-order valence-electron chi connectivity index (χ3n) is 7.18. The van der Waals surface area contributed by atoms with Crippen molar-refractivity contribution < 1.29 is 19.7 Å². The number of piperidine rings is 1. The predicted octanol–water partition coefficient (Wildman–Crippen LogP) is 4.19. The van der Waals surface area contributed by atoms with Gasteiger partial charge in [-0.2, -0.15) is 0 Å². The van der Waals surface area contributed by atoms with Crippen LogP contribution in [0.5, 0.6) is 5.75 Å². The Hall–Kier alpha value is -2.96. The average Bonchev–Trinajstić information content (AvgIpc) is 3.40. The van der Waals surface area contributed by atoms with E-state index < -0.39 is 12.1 Å². The molecule has 1 fully saturated rings. The summed E-state index contributed by atoms with van der Waals surface area (Å²) in [6.07, 6.45) is 3.64. The van der Waals surface area contributed by atoms with E-state index in [9.17, 15) is 15.0 Å². The molecule has 0 saturated carbocycles. The van der Waals surface area contributed by atoms with E-state index in [1.165, 1.54) is 0 Å². The molecule has 1 aliphatic heterocycles. The van der Waals surface area contributed by atoms with Gasteiger partial charge in [0.15, 0.2) is 0 Å². The molecule has 3 heterocycles. The Morgan fingerprint density at radius 2 is 2.14 bits per heavy atom. The van der Waals surface area contributed by atoms with Gasteiger partial charge in [0.1, 0.15) is 5.75 Å². The van der Waals surface area contributed by atoms with Crippen molar-refractivity contribution in [3.05, 3.63) is 57.9 Å². The fourth-order valence-corrected chi connectivity index (χ4v) is 5.71. The van der Waals surface area contributed by atoms with E-state index >= 15 is 0 Å². The molecule has 0 aliphatic carbocycles. The van der Waals surface area contributed by atoms with E-state index in [4.69, 9.17) is 10.5 Å². The Morgan fingerprint density at radius 3 is 2.81 bits per heavy atom. The van der Waals surface area contributed by atoms with Gasteiger partial charge in [-0.15, -0.1) is 11.3 Å². The standard InChI is InChI=1S/C28H33N3O4S/c1-35-21-6-7-24-23(16-21)27(20(18-29)19-30-24)25(32)8-9-28(17-26(33)34)10-13-31(14-11-28)12-2-4-22-5-3-15-36-22/h3,5-7,15-16,19,25,32H,8-14,17-18,29H2,1H3,(H,33,34). The number of likely N-dealkylation sites (tertiary alicyclic amines) is 1. The number of nitrogens with zero attached hydrogens (tertiary/aromatic N) is 2. The highest BCUT2D eigenvalue weighted by atomic mass is 32.1. The Morgan fingerprint density at radius 1 is 1.33 bits per heavy atom. The third-order valence-corrected chi connectivity index (χ3v) is 7.96. The molecule has 0 bridgehead atoms. The molecule has 36 heavy (non-hydrogen) atoms. The smallest absolute Gasteiger partial charge is 0.303 e. The third kappa shape index (κ3) is 6.23. The summed E-state index contributed by atoms with van der Waals surface area (Å²) in [6.45, 7) is 2.53. The summed E-state index contributed by atoms with van der Waals surface area (Å²) in [7, 11) is 1.60. The lowest BCUT2D eigenvalue weighted by molar-refractivity contribution is -0.141. The number of benzene rings is 1. The molecule has 190 valence electrons. The van der Waals surface area contributed by atoms with E-state index in [2.05, 4.69) is 21.7 Å². The molecule has 1 aliphatic rings. The molecular weight excluding hydrogens is 474 g/mol. The number of fused-ring (bicyclic) bond motifs is 1. The molecule has 0 spiro atoms. The first kappa shape index (κ1) is 26.1. The van der Waals surface area contributed by atoms with Crippen LogP contribution in [0.3, 0.4) is 0 Å². The SMILES string of the molecule is COc1ccc2ncc(CN)c(C(O)CCC3(CC(=O)O)CCN(CC#Cc4cccs4)CC3)c2c1. The second-order valence-corrected chi connectivity index (χ2v) is 10.4. The van der Waals surface area contributed by atoms with Gasteiger partial charge in [0.05, 0.1) is 36.6 Å².